The molecular weight excluding hydrogens is 350 g/mol. The molecule has 2 fully saturated rings. The summed E-state index contributed by atoms with van der Waals surface area (Å²) in [6.45, 7) is 8.77. The van der Waals surface area contributed by atoms with Crippen LogP contribution in [0, 0.1) is 18.8 Å². The van der Waals surface area contributed by atoms with E-state index >= 15 is 0 Å². The van der Waals surface area contributed by atoms with E-state index in [-0.39, 0.29) is 18.4 Å². The van der Waals surface area contributed by atoms with Crippen LogP contribution >= 0.6 is 11.3 Å². The summed E-state index contributed by atoms with van der Waals surface area (Å²) in [5, 5.41) is 10.2. The van der Waals surface area contributed by atoms with E-state index in [1.54, 1.807) is 0 Å². The number of likely N-dealkylation sites (tertiary alicyclic amines) is 1. The smallest absolute Gasteiger partial charge is 0.265 e. The predicted octanol–water partition coefficient (Wildman–Crippen LogP) is 0.742. The summed E-state index contributed by atoms with van der Waals surface area (Å²) >= 11 is 1.26. The molecule has 0 spiro atoms. The molecule has 2 aliphatic heterocycles. The molecule has 26 heavy (non-hydrogen) atoms. The van der Waals surface area contributed by atoms with Gasteiger partial charge in [0.05, 0.1) is 5.69 Å². The van der Waals surface area contributed by atoms with Crippen molar-refractivity contribution in [3.63, 3.8) is 0 Å². The summed E-state index contributed by atoms with van der Waals surface area (Å²) in [5.74, 6) is 0.562. The number of piperidine rings is 1. The molecule has 7 nitrogen and oxygen atoms in total. The molecule has 146 valence electrons. The molecule has 0 radical (unpaired) electrons. The minimum atomic E-state index is 0.00968. The highest BCUT2D eigenvalue weighted by atomic mass is 32.1. The van der Waals surface area contributed by atoms with E-state index in [0.717, 1.165) is 45.7 Å². The van der Waals surface area contributed by atoms with Gasteiger partial charge in [0, 0.05) is 39.3 Å². The van der Waals surface area contributed by atoms with Crippen molar-refractivity contribution in [2.75, 3.05) is 65.2 Å². The maximum Gasteiger partial charge on any atom is 0.265 e. The van der Waals surface area contributed by atoms with Crippen molar-refractivity contribution in [3.05, 3.63) is 10.6 Å². The summed E-state index contributed by atoms with van der Waals surface area (Å²) in [5.41, 5.74) is 6.47. The second-order valence-corrected chi connectivity index (χ2v) is 8.82. The maximum absolute atomic E-state index is 13.0. The van der Waals surface area contributed by atoms with E-state index < -0.39 is 0 Å². The van der Waals surface area contributed by atoms with Crippen molar-refractivity contribution in [3.8, 4) is 0 Å². The molecule has 0 unspecified atom stereocenters. The zero-order chi connectivity index (χ0) is 18.7. The molecule has 3 rings (SSSR count). The van der Waals surface area contributed by atoms with Crippen LogP contribution in [0.1, 0.15) is 28.2 Å². The number of aliphatic hydroxyl groups is 1. The molecule has 2 saturated heterocycles. The average Bonchev–Trinajstić information content (AvgIpc) is 2.82. The lowest BCUT2D eigenvalue weighted by molar-refractivity contribution is 0.0457. The molecular formula is C18H31N5O2S. The fourth-order valence-corrected chi connectivity index (χ4v) is 4.96. The number of thiazole rings is 1. The van der Waals surface area contributed by atoms with E-state index in [2.05, 4.69) is 21.8 Å². The van der Waals surface area contributed by atoms with Gasteiger partial charge < -0.3 is 25.5 Å². The zero-order valence-corrected chi connectivity index (χ0v) is 16.7. The molecule has 0 saturated carbocycles. The van der Waals surface area contributed by atoms with Crippen LogP contribution in [0.5, 0.6) is 0 Å². The first-order chi connectivity index (χ1) is 12.5. The minimum Gasteiger partial charge on any atom is -0.396 e. The van der Waals surface area contributed by atoms with Gasteiger partial charge in [-0.05, 0) is 51.7 Å². The van der Waals surface area contributed by atoms with Crippen LogP contribution in [-0.2, 0) is 0 Å². The normalized spacial score (nSPS) is 26.0. The van der Waals surface area contributed by atoms with Crippen molar-refractivity contribution in [1.29, 1.82) is 0 Å². The number of anilines is 1. The van der Waals surface area contributed by atoms with Crippen LogP contribution in [0.3, 0.4) is 0 Å². The number of aliphatic hydroxyl groups excluding tert-OH is 1. The molecule has 1 amide bonds. The molecule has 0 aromatic carbocycles. The van der Waals surface area contributed by atoms with Gasteiger partial charge in [0.2, 0.25) is 0 Å². The van der Waals surface area contributed by atoms with Gasteiger partial charge in [-0.2, -0.15) is 0 Å². The second kappa shape index (κ2) is 8.65. The lowest BCUT2D eigenvalue weighted by Gasteiger charge is -2.39. The van der Waals surface area contributed by atoms with Gasteiger partial charge in [0.25, 0.3) is 5.91 Å². The third-order valence-corrected chi connectivity index (χ3v) is 6.48. The lowest BCUT2D eigenvalue weighted by Crippen LogP contribution is -2.48. The fraction of sp³-hybridized carbons (Fsp3) is 0.778. The molecule has 2 atom stereocenters. The Balaban J connectivity index is 1.66. The Kier molecular flexibility index (Phi) is 6.50. The molecule has 1 aromatic rings. The number of aromatic nitrogens is 1. The second-order valence-electron chi connectivity index (χ2n) is 7.78. The number of rotatable bonds is 4. The van der Waals surface area contributed by atoms with Crippen molar-refractivity contribution < 1.29 is 9.90 Å². The third-order valence-electron chi connectivity index (χ3n) is 5.51. The number of aryl methyl sites for hydroxylation is 1. The van der Waals surface area contributed by atoms with E-state index in [1.165, 1.54) is 17.8 Å². The fourth-order valence-electron chi connectivity index (χ4n) is 4.16. The number of nitrogens with two attached hydrogens (primary N) is 1. The van der Waals surface area contributed by atoms with Gasteiger partial charge in [-0.1, -0.05) is 11.3 Å². The van der Waals surface area contributed by atoms with Crippen LogP contribution < -0.4 is 5.73 Å². The molecule has 0 bridgehead atoms. The quantitative estimate of drug-likeness (QED) is 0.800. The molecule has 3 N–H and O–H groups in total. The van der Waals surface area contributed by atoms with Crippen molar-refractivity contribution in [2.45, 2.75) is 19.8 Å². The van der Waals surface area contributed by atoms with E-state index in [9.17, 15) is 9.90 Å². The number of carbonyl (C=O) groups is 1. The summed E-state index contributed by atoms with van der Waals surface area (Å²) in [7, 11) is 2.18. The average molecular weight is 382 g/mol. The maximum atomic E-state index is 13.0. The summed E-state index contributed by atoms with van der Waals surface area (Å²) in [6.07, 6.45) is 2.17. The van der Waals surface area contributed by atoms with Crippen molar-refractivity contribution >= 4 is 22.4 Å². The highest BCUT2D eigenvalue weighted by Gasteiger charge is 2.32. The van der Waals surface area contributed by atoms with Crippen LogP contribution in [0.4, 0.5) is 5.13 Å². The predicted molar refractivity (Wildman–Crippen MR) is 104 cm³/mol. The number of likely N-dealkylation sites (N-methyl/N-ethyl adjacent to an activating group) is 1. The minimum absolute atomic E-state index is 0.00968. The first-order valence-electron chi connectivity index (χ1n) is 9.50. The Morgan fingerprint density at radius 2 is 2.04 bits per heavy atom. The van der Waals surface area contributed by atoms with Crippen LogP contribution in [-0.4, -0.2) is 90.2 Å². The molecule has 3 heterocycles. The molecule has 8 heteroatoms. The molecule has 2 aliphatic rings. The van der Waals surface area contributed by atoms with Gasteiger partial charge in [-0.3, -0.25) is 4.79 Å². The van der Waals surface area contributed by atoms with Crippen LogP contribution in [0.25, 0.3) is 0 Å². The molecule has 0 aliphatic carbocycles. The third kappa shape index (κ3) is 4.73. The Bertz CT molecular complexity index is 623. The lowest BCUT2D eigenvalue weighted by atomic mass is 9.89. The summed E-state index contributed by atoms with van der Waals surface area (Å²) in [4.78, 5) is 24.6. The van der Waals surface area contributed by atoms with Gasteiger partial charge in [-0.15, -0.1) is 0 Å². The van der Waals surface area contributed by atoms with Gasteiger partial charge >= 0.3 is 0 Å². The van der Waals surface area contributed by atoms with E-state index in [1.807, 2.05) is 11.8 Å². The summed E-state index contributed by atoms with van der Waals surface area (Å²) < 4.78 is 0. The number of amides is 1. The van der Waals surface area contributed by atoms with E-state index in [0.29, 0.717) is 28.2 Å². The number of hydrogen-bond acceptors (Lipinski definition) is 7. The standard InChI is InChI=1S/C18H31N5O2S/c1-13-16(26-18(19)20-13)17(25)23-10-14(8-15(11-23)12-24)9-22-5-3-4-21(2)6-7-22/h14-15,24H,3-12H2,1-2H3,(H2,19,20)/t14-,15+/m1/s1. The Labute approximate surface area is 159 Å². The van der Waals surface area contributed by atoms with Gasteiger partial charge in [0.1, 0.15) is 4.88 Å². The number of hydrogen-bond donors (Lipinski definition) is 2. The molecule has 1 aromatic heterocycles. The van der Waals surface area contributed by atoms with Crippen molar-refractivity contribution in [1.82, 2.24) is 19.7 Å². The van der Waals surface area contributed by atoms with Crippen LogP contribution in [0.2, 0.25) is 0 Å². The monoisotopic (exact) mass is 381 g/mol. The summed E-state index contributed by atoms with van der Waals surface area (Å²) in [6, 6.07) is 0. The van der Waals surface area contributed by atoms with Gasteiger partial charge in [-0.25, -0.2) is 4.98 Å². The van der Waals surface area contributed by atoms with Crippen LogP contribution in [0.15, 0.2) is 0 Å². The highest BCUT2D eigenvalue weighted by molar-refractivity contribution is 7.17. The Morgan fingerprint density at radius 1 is 1.27 bits per heavy atom. The van der Waals surface area contributed by atoms with E-state index in [4.69, 9.17) is 5.73 Å². The first-order valence-corrected chi connectivity index (χ1v) is 10.3. The highest BCUT2D eigenvalue weighted by Crippen LogP contribution is 2.27. The topological polar surface area (TPSA) is 85.9 Å². The Hall–Kier alpha value is -1.22. The number of nitrogens with zero attached hydrogens (tertiary/aromatic N) is 4. The zero-order valence-electron chi connectivity index (χ0n) is 15.9. The number of carbonyl (C=O) groups excluding carboxylic acids is 1. The largest absolute Gasteiger partial charge is 0.396 e. The first kappa shape index (κ1) is 19.5. The SMILES string of the molecule is Cc1nc(N)sc1C(=O)N1C[C@@H](CN2CCCN(C)CC2)C[C@H](CO)C1. The Morgan fingerprint density at radius 3 is 2.73 bits per heavy atom. The van der Waals surface area contributed by atoms with Gasteiger partial charge in [0.15, 0.2) is 5.13 Å². The number of nitrogen functional groups attached to an aromatic ring is 1. The van der Waals surface area contributed by atoms with Crippen molar-refractivity contribution in [2.24, 2.45) is 11.8 Å².